The van der Waals surface area contributed by atoms with Crippen LogP contribution in [0, 0.1) is 11.3 Å². The first kappa shape index (κ1) is 21.6. The van der Waals surface area contributed by atoms with Crippen molar-refractivity contribution in [3.05, 3.63) is 60.0 Å². The molecule has 4 heterocycles. The van der Waals surface area contributed by atoms with Gasteiger partial charge in [-0.2, -0.15) is 5.26 Å². The highest BCUT2D eigenvalue weighted by molar-refractivity contribution is 5.95. The number of rotatable bonds is 4. The Labute approximate surface area is 195 Å². The van der Waals surface area contributed by atoms with Gasteiger partial charge in [-0.05, 0) is 50.2 Å². The summed E-state index contributed by atoms with van der Waals surface area (Å²) in [4.78, 5) is 16.7. The van der Waals surface area contributed by atoms with E-state index < -0.39 is 0 Å². The molecule has 1 aromatic carbocycles. The minimum absolute atomic E-state index is 0.380. The van der Waals surface area contributed by atoms with E-state index in [2.05, 4.69) is 69.2 Å². The second-order valence-corrected chi connectivity index (χ2v) is 9.16. The normalized spacial score (nSPS) is 21.8. The van der Waals surface area contributed by atoms with Crippen LogP contribution < -0.4 is 15.1 Å². The lowest BCUT2D eigenvalue weighted by Gasteiger charge is -2.45. The lowest BCUT2D eigenvalue weighted by Crippen LogP contribution is -2.56. The maximum atomic E-state index is 9.47. The largest absolute Gasteiger partial charge is 0.368 e. The van der Waals surface area contributed by atoms with E-state index in [1.54, 1.807) is 6.20 Å². The molecular weight excluding hydrogens is 410 g/mol. The third-order valence-electron chi connectivity index (χ3n) is 6.95. The number of nitrogens with zero attached hydrogens (tertiary/aromatic N) is 6. The Morgan fingerprint density at radius 3 is 2.48 bits per heavy atom. The molecule has 2 aromatic heterocycles. The van der Waals surface area contributed by atoms with E-state index in [9.17, 15) is 5.26 Å². The fourth-order valence-corrected chi connectivity index (χ4v) is 5.20. The van der Waals surface area contributed by atoms with Crippen molar-refractivity contribution in [2.45, 2.75) is 32.5 Å². The summed E-state index contributed by atoms with van der Waals surface area (Å²) in [5.41, 5.74) is 4.91. The molecule has 0 amide bonds. The van der Waals surface area contributed by atoms with Gasteiger partial charge in [-0.1, -0.05) is 0 Å². The van der Waals surface area contributed by atoms with Gasteiger partial charge in [0.05, 0.1) is 28.7 Å². The molecule has 33 heavy (non-hydrogen) atoms. The molecule has 0 aliphatic carbocycles. The molecule has 170 valence electrons. The van der Waals surface area contributed by atoms with Gasteiger partial charge >= 0.3 is 0 Å². The highest BCUT2D eigenvalue weighted by Gasteiger charge is 2.30. The lowest BCUT2D eigenvalue weighted by atomic mass is 10.0. The van der Waals surface area contributed by atoms with Crippen molar-refractivity contribution < 1.29 is 0 Å². The zero-order valence-electron chi connectivity index (χ0n) is 19.4. The van der Waals surface area contributed by atoms with Crippen LogP contribution in [0.3, 0.4) is 0 Å². The van der Waals surface area contributed by atoms with E-state index in [0.29, 0.717) is 17.6 Å². The molecule has 7 heteroatoms. The summed E-state index contributed by atoms with van der Waals surface area (Å²) in [6.07, 6.45) is 3.79. The van der Waals surface area contributed by atoms with E-state index in [4.69, 9.17) is 4.98 Å². The smallest absolute Gasteiger partial charge is 0.101 e. The maximum absolute atomic E-state index is 9.47. The Balaban J connectivity index is 1.30. The summed E-state index contributed by atoms with van der Waals surface area (Å²) >= 11 is 0. The predicted octanol–water partition coefficient (Wildman–Crippen LogP) is 3.01. The van der Waals surface area contributed by atoms with Gasteiger partial charge in [0.2, 0.25) is 0 Å². The van der Waals surface area contributed by atoms with Gasteiger partial charge in [0.25, 0.3) is 0 Å². The van der Waals surface area contributed by atoms with Crippen LogP contribution in [-0.2, 0) is 6.54 Å². The molecule has 5 rings (SSSR count). The standard InChI is InChI=1S/C26H31N7/c1-19-16-32(25-8-5-21(14-27)26-24(25)4-3-9-29-26)17-20(2)33(19)18-22-6-7-23(15-30-22)31-12-10-28-11-13-31/h3-9,15,19-20,28H,10-13,16-18H2,1-2H3. The molecule has 0 bridgehead atoms. The van der Waals surface area contributed by atoms with Gasteiger partial charge in [0.1, 0.15) is 6.07 Å². The predicted molar refractivity (Wildman–Crippen MR) is 132 cm³/mol. The van der Waals surface area contributed by atoms with Gasteiger partial charge in [0.15, 0.2) is 0 Å². The first-order valence-corrected chi connectivity index (χ1v) is 11.8. The molecule has 2 aliphatic heterocycles. The molecule has 2 unspecified atom stereocenters. The Bertz CT molecular complexity index is 1140. The third kappa shape index (κ3) is 4.37. The maximum Gasteiger partial charge on any atom is 0.101 e. The summed E-state index contributed by atoms with van der Waals surface area (Å²) in [6.45, 7) is 11.4. The number of benzene rings is 1. The summed E-state index contributed by atoms with van der Waals surface area (Å²) in [6, 6.07) is 15.4. The second-order valence-electron chi connectivity index (χ2n) is 9.16. The van der Waals surface area contributed by atoms with Crippen LogP contribution in [0.15, 0.2) is 48.8 Å². The van der Waals surface area contributed by atoms with E-state index in [1.165, 1.54) is 5.69 Å². The Kier molecular flexibility index (Phi) is 6.12. The van der Waals surface area contributed by atoms with Crippen molar-refractivity contribution in [2.24, 2.45) is 0 Å². The number of anilines is 2. The molecule has 2 fully saturated rings. The second kappa shape index (κ2) is 9.34. The number of aromatic nitrogens is 2. The van der Waals surface area contributed by atoms with E-state index in [1.807, 2.05) is 18.3 Å². The van der Waals surface area contributed by atoms with Crippen molar-refractivity contribution in [1.29, 1.82) is 5.26 Å². The average Bonchev–Trinajstić information content (AvgIpc) is 2.86. The molecule has 2 aliphatic rings. The monoisotopic (exact) mass is 441 g/mol. The molecule has 2 saturated heterocycles. The number of fused-ring (bicyclic) bond motifs is 1. The highest BCUT2D eigenvalue weighted by atomic mass is 15.3. The molecule has 3 aromatic rings. The summed E-state index contributed by atoms with van der Waals surface area (Å²) in [5, 5.41) is 13.9. The van der Waals surface area contributed by atoms with Crippen LogP contribution in [0.1, 0.15) is 25.1 Å². The summed E-state index contributed by atoms with van der Waals surface area (Å²) in [7, 11) is 0. The number of pyridine rings is 2. The van der Waals surface area contributed by atoms with Crippen molar-refractivity contribution in [3.63, 3.8) is 0 Å². The first-order chi connectivity index (χ1) is 16.1. The summed E-state index contributed by atoms with van der Waals surface area (Å²) < 4.78 is 0. The lowest BCUT2D eigenvalue weighted by molar-refractivity contribution is 0.121. The van der Waals surface area contributed by atoms with Crippen LogP contribution in [0.5, 0.6) is 0 Å². The Morgan fingerprint density at radius 1 is 1.00 bits per heavy atom. The molecule has 0 radical (unpaired) electrons. The third-order valence-corrected chi connectivity index (χ3v) is 6.95. The fraction of sp³-hybridized carbons (Fsp3) is 0.423. The van der Waals surface area contributed by atoms with E-state index in [-0.39, 0.29) is 0 Å². The zero-order chi connectivity index (χ0) is 22.8. The Hall–Kier alpha value is -3.21. The van der Waals surface area contributed by atoms with Crippen LogP contribution in [0.25, 0.3) is 10.9 Å². The van der Waals surface area contributed by atoms with Crippen molar-refractivity contribution in [1.82, 2.24) is 20.2 Å². The van der Waals surface area contributed by atoms with Gasteiger partial charge in [-0.3, -0.25) is 14.9 Å². The van der Waals surface area contributed by atoms with Crippen molar-refractivity contribution >= 4 is 22.3 Å². The molecule has 2 atom stereocenters. The highest BCUT2D eigenvalue weighted by Crippen LogP contribution is 2.31. The molecule has 0 saturated carbocycles. The molecule has 1 N–H and O–H groups in total. The molecular formula is C26H31N7. The van der Waals surface area contributed by atoms with Gasteiger partial charge in [-0.15, -0.1) is 0 Å². The average molecular weight is 442 g/mol. The van der Waals surface area contributed by atoms with Crippen LogP contribution in [-0.4, -0.2) is 66.2 Å². The van der Waals surface area contributed by atoms with Crippen LogP contribution >= 0.6 is 0 Å². The van der Waals surface area contributed by atoms with Gasteiger partial charge < -0.3 is 15.1 Å². The zero-order valence-corrected chi connectivity index (χ0v) is 19.4. The molecule has 0 spiro atoms. The fourth-order valence-electron chi connectivity index (χ4n) is 5.20. The first-order valence-electron chi connectivity index (χ1n) is 11.8. The number of nitrogens with one attached hydrogen (secondary N) is 1. The minimum Gasteiger partial charge on any atom is -0.368 e. The number of piperazine rings is 2. The van der Waals surface area contributed by atoms with Gasteiger partial charge in [0, 0.05) is 75.2 Å². The quantitative estimate of drug-likeness (QED) is 0.667. The van der Waals surface area contributed by atoms with E-state index in [0.717, 1.165) is 68.1 Å². The SMILES string of the molecule is CC1CN(c2ccc(C#N)c3ncccc23)CC(C)N1Cc1ccc(N2CCNCC2)cn1. The number of hydrogen-bond acceptors (Lipinski definition) is 7. The van der Waals surface area contributed by atoms with Crippen molar-refractivity contribution in [2.75, 3.05) is 49.1 Å². The Morgan fingerprint density at radius 2 is 1.79 bits per heavy atom. The van der Waals surface area contributed by atoms with Crippen LogP contribution in [0.4, 0.5) is 11.4 Å². The summed E-state index contributed by atoms with van der Waals surface area (Å²) in [5.74, 6) is 0. The topological polar surface area (TPSA) is 71.3 Å². The van der Waals surface area contributed by atoms with E-state index >= 15 is 0 Å². The number of nitriles is 1. The van der Waals surface area contributed by atoms with Crippen LogP contribution in [0.2, 0.25) is 0 Å². The number of hydrogen-bond donors (Lipinski definition) is 1. The van der Waals surface area contributed by atoms with Crippen molar-refractivity contribution in [3.8, 4) is 6.07 Å². The van der Waals surface area contributed by atoms with Gasteiger partial charge in [-0.25, -0.2) is 0 Å². The molecule has 7 nitrogen and oxygen atoms in total. The minimum atomic E-state index is 0.380.